The molecule has 114 valence electrons. The highest BCUT2D eigenvalue weighted by Crippen LogP contribution is 2.33. The highest BCUT2D eigenvalue weighted by Gasteiger charge is 2.40. The summed E-state index contributed by atoms with van der Waals surface area (Å²) in [6.07, 6.45) is 12.2. The summed E-state index contributed by atoms with van der Waals surface area (Å²) in [4.78, 5) is 2.79. The van der Waals surface area contributed by atoms with Gasteiger partial charge in [-0.05, 0) is 52.2 Å². The third-order valence-corrected chi connectivity index (χ3v) is 5.30. The number of likely N-dealkylation sites (N-methyl/N-ethyl adjacent to an activating group) is 1. The second-order valence-electron chi connectivity index (χ2n) is 6.20. The summed E-state index contributed by atoms with van der Waals surface area (Å²) < 4.78 is 0. The van der Waals surface area contributed by atoms with Crippen molar-refractivity contribution < 1.29 is 0 Å². The van der Waals surface area contributed by atoms with E-state index in [0.29, 0.717) is 11.6 Å². The molecule has 1 fully saturated rings. The number of nitrogens with zero attached hydrogens (tertiary/aromatic N) is 1. The van der Waals surface area contributed by atoms with Crippen LogP contribution in [-0.4, -0.2) is 36.6 Å². The van der Waals surface area contributed by atoms with Crippen LogP contribution in [0.2, 0.25) is 0 Å². The molecule has 2 nitrogen and oxygen atoms in total. The van der Waals surface area contributed by atoms with E-state index in [1.807, 2.05) is 0 Å². The number of likely N-dealkylation sites (tertiary alicyclic amines) is 1. The minimum absolute atomic E-state index is 0.400. The Bertz CT molecular complexity index is 217. The first-order valence-corrected chi connectivity index (χ1v) is 8.67. The van der Waals surface area contributed by atoms with Crippen LogP contribution in [0.4, 0.5) is 0 Å². The third-order valence-electron chi connectivity index (χ3n) is 5.30. The summed E-state index contributed by atoms with van der Waals surface area (Å²) in [5, 5.41) is 3.66. The van der Waals surface area contributed by atoms with Crippen LogP contribution in [0.3, 0.4) is 0 Å². The Labute approximate surface area is 121 Å². The molecule has 1 aliphatic rings. The number of rotatable bonds is 10. The number of unbranched alkanes of at least 4 members (excludes halogenated alkanes) is 3. The molecule has 0 amide bonds. The molecule has 1 unspecified atom stereocenters. The Morgan fingerprint density at radius 3 is 2.11 bits per heavy atom. The second kappa shape index (κ2) is 8.97. The average Bonchev–Trinajstić information content (AvgIpc) is 2.97. The SMILES string of the molecule is CCCCCCC(NC)C(CC)(CC)N1CCCC1. The molecule has 1 atom stereocenters. The smallest absolute Gasteiger partial charge is 0.0357 e. The quantitative estimate of drug-likeness (QED) is 0.597. The van der Waals surface area contributed by atoms with Crippen molar-refractivity contribution in [3.63, 3.8) is 0 Å². The van der Waals surface area contributed by atoms with Gasteiger partial charge in [0.1, 0.15) is 0 Å². The average molecular weight is 268 g/mol. The summed E-state index contributed by atoms with van der Waals surface area (Å²) in [7, 11) is 2.17. The lowest BCUT2D eigenvalue weighted by atomic mass is 9.80. The highest BCUT2D eigenvalue weighted by molar-refractivity contribution is 4.99. The monoisotopic (exact) mass is 268 g/mol. The standard InChI is InChI=1S/C17H36N2/c1-5-8-9-10-13-16(18-4)17(6-2,7-3)19-14-11-12-15-19/h16,18H,5-15H2,1-4H3. The fraction of sp³-hybridized carbons (Fsp3) is 1.00. The highest BCUT2D eigenvalue weighted by atomic mass is 15.2. The van der Waals surface area contributed by atoms with Crippen molar-refractivity contribution in [2.45, 2.75) is 90.1 Å². The molecule has 0 aromatic heterocycles. The first-order valence-electron chi connectivity index (χ1n) is 8.67. The van der Waals surface area contributed by atoms with Gasteiger partial charge in [-0.1, -0.05) is 46.5 Å². The Morgan fingerprint density at radius 2 is 1.63 bits per heavy atom. The van der Waals surface area contributed by atoms with E-state index >= 15 is 0 Å². The van der Waals surface area contributed by atoms with Crippen molar-refractivity contribution in [1.82, 2.24) is 10.2 Å². The largest absolute Gasteiger partial charge is 0.315 e. The van der Waals surface area contributed by atoms with E-state index in [1.165, 1.54) is 70.9 Å². The number of hydrogen-bond acceptors (Lipinski definition) is 2. The second-order valence-corrected chi connectivity index (χ2v) is 6.20. The van der Waals surface area contributed by atoms with Gasteiger partial charge < -0.3 is 5.32 Å². The maximum Gasteiger partial charge on any atom is 0.0357 e. The van der Waals surface area contributed by atoms with Crippen molar-refractivity contribution in [3.05, 3.63) is 0 Å². The summed E-state index contributed by atoms with van der Waals surface area (Å²) in [6, 6.07) is 0.664. The van der Waals surface area contributed by atoms with E-state index in [-0.39, 0.29) is 0 Å². The molecule has 0 aromatic rings. The van der Waals surface area contributed by atoms with Gasteiger partial charge in [0.15, 0.2) is 0 Å². The predicted molar refractivity (Wildman–Crippen MR) is 85.7 cm³/mol. The van der Waals surface area contributed by atoms with Crippen molar-refractivity contribution in [2.75, 3.05) is 20.1 Å². The normalized spacial score (nSPS) is 18.9. The zero-order valence-corrected chi connectivity index (χ0v) is 13.8. The van der Waals surface area contributed by atoms with Crippen LogP contribution >= 0.6 is 0 Å². The van der Waals surface area contributed by atoms with E-state index in [2.05, 4.69) is 38.0 Å². The molecule has 0 radical (unpaired) electrons. The Hall–Kier alpha value is -0.0800. The van der Waals surface area contributed by atoms with Gasteiger partial charge >= 0.3 is 0 Å². The number of nitrogens with one attached hydrogen (secondary N) is 1. The molecule has 0 aliphatic carbocycles. The lowest BCUT2D eigenvalue weighted by molar-refractivity contribution is 0.0606. The van der Waals surface area contributed by atoms with Gasteiger partial charge in [0.25, 0.3) is 0 Å². The van der Waals surface area contributed by atoms with Crippen LogP contribution in [0.5, 0.6) is 0 Å². The van der Waals surface area contributed by atoms with Gasteiger partial charge in [-0.15, -0.1) is 0 Å². The van der Waals surface area contributed by atoms with Gasteiger partial charge in [-0.2, -0.15) is 0 Å². The molecule has 1 N–H and O–H groups in total. The van der Waals surface area contributed by atoms with Gasteiger partial charge in [-0.3, -0.25) is 4.90 Å². The van der Waals surface area contributed by atoms with Crippen LogP contribution in [0.15, 0.2) is 0 Å². The predicted octanol–water partition coefficient (Wildman–Crippen LogP) is 4.20. The molecular weight excluding hydrogens is 232 g/mol. The van der Waals surface area contributed by atoms with E-state index in [9.17, 15) is 0 Å². The summed E-state index contributed by atoms with van der Waals surface area (Å²) >= 11 is 0. The van der Waals surface area contributed by atoms with Crippen molar-refractivity contribution in [3.8, 4) is 0 Å². The first kappa shape index (κ1) is 17.0. The van der Waals surface area contributed by atoms with Crippen molar-refractivity contribution in [1.29, 1.82) is 0 Å². The van der Waals surface area contributed by atoms with Gasteiger partial charge in [0.2, 0.25) is 0 Å². The molecule has 1 saturated heterocycles. The van der Waals surface area contributed by atoms with E-state index in [1.54, 1.807) is 0 Å². The number of hydrogen-bond donors (Lipinski definition) is 1. The van der Waals surface area contributed by atoms with E-state index < -0.39 is 0 Å². The fourth-order valence-corrected chi connectivity index (χ4v) is 4.03. The zero-order chi connectivity index (χ0) is 14.1. The first-order chi connectivity index (χ1) is 9.25. The third kappa shape index (κ3) is 4.19. The van der Waals surface area contributed by atoms with Crippen LogP contribution in [-0.2, 0) is 0 Å². The Balaban J connectivity index is 2.64. The minimum Gasteiger partial charge on any atom is -0.315 e. The summed E-state index contributed by atoms with van der Waals surface area (Å²) in [6.45, 7) is 9.70. The molecule has 1 aliphatic heterocycles. The van der Waals surface area contributed by atoms with Gasteiger partial charge in [0, 0.05) is 11.6 Å². The van der Waals surface area contributed by atoms with Crippen LogP contribution in [0.1, 0.15) is 78.6 Å². The summed E-state index contributed by atoms with van der Waals surface area (Å²) in [5.74, 6) is 0. The lowest BCUT2D eigenvalue weighted by Crippen LogP contribution is -2.59. The maximum absolute atomic E-state index is 3.66. The molecule has 1 heterocycles. The lowest BCUT2D eigenvalue weighted by Gasteiger charge is -2.47. The van der Waals surface area contributed by atoms with Crippen LogP contribution < -0.4 is 5.32 Å². The molecule has 1 rings (SSSR count). The maximum atomic E-state index is 3.66. The molecule has 0 saturated carbocycles. The molecule has 0 spiro atoms. The molecule has 0 aromatic carbocycles. The molecule has 19 heavy (non-hydrogen) atoms. The Kier molecular flexibility index (Phi) is 8.01. The van der Waals surface area contributed by atoms with Crippen molar-refractivity contribution in [2.24, 2.45) is 0 Å². The molecule has 0 bridgehead atoms. The Morgan fingerprint density at radius 1 is 1.00 bits per heavy atom. The zero-order valence-electron chi connectivity index (χ0n) is 13.8. The van der Waals surface area contributed by atoms with E-state index in [4.69, 9.17) is 0 Å². The summed E-state index contributed by atoms with van der Waals surface area (Å²) in [5.41, 5.74) is 0.400. The van der Waals surface area contributed by atoms with Gasteiger partial charge in [0.05, 0.1) is 0 Å². The van der Waals surface area contributed by atoms with E-state index in [0.717, 1.165) is 0 Å². The van der Waals surface area contributed by atoms with Crippen LogP contribution in [0, 0.1) is 0 Å². The van der Waals surface area contributed by atoms with Crippen LogP contribution in [0.25, 0.3) is 0 Å². The van der Waals surface area contributed by atoms with Gasteiger partial charge in [-0.25, -0.2) is 0 Å². The minimum atomic E-state index is 0.400. The molecular formula is C17H36N2. The molecule has 2 heteroatoms. The van der Waals surface area contributed by atoms with Crippen molar-refractivity contribution >= 4 is 0 Å². The topological polar surface area (TPSA) is 15.3 Å². The fourth-order valence-electron chi connectivity index (χ4n) is 4.03.